The van der Waals surface area contributed by atoms with Gasteiger partial charge in [0.25, 0.3) is 0 Å². The van der Waals surface area contributed by atoms with Gasteiger partial charge in [0.05, 0.1) is 17.4 Å². The molecule has 1 aliphatic rings. The zero-order valence-electron chi connectivity index (χ0n) is 13.1. The van der Waals surface area contributed by atoms with Crippen LogP contribution in [0.15, 0.2) is 24.3 Å². The lowest BCUT2D eigenvalue weighted by molar-refractivity contribution is -0.124. The van der Waals surface area contributed by atoms with Gasteiger partial charge in [-0.15, -0.1) is 0 Å². The lowest BCUT2D eigenvalue weighted by Gasteiger charge is -2.14. The average Bonchev–Trinajstić information content (AvgIpc) is 2.85. The molecular weight excluding hydrogens is 334 g/mol. The standard InChI is InChI=1S/C15H21N3O3S2/c1-10(2)11-3-5-13(6-4-11)16-15(22)18-17-14(19)12-7-8-23(20,21)9-12/h3-6,10,12H,7-9H2,1-2H3,(H,17,19)(H2,16,18,22)/t12-/m0/s1. The quantitative estimate of drug-likeness (QED) is 0.563. The Morgan fingerprint density at radius 2 is 1.87 bits per heavy atom. The van der Waals surface area contributed by atoms with Crippen LogP contribution >= 0.6 is 12.2 Å². The molecule has 1 fully saturated rings. The SMILES string of the molecule is CC(C)c1ccc(NC(=S)NNC(=O)[C@H]2CCS(=O)(=O)C2)cc1. The summed E-state index contributed by atoms with van der Waals surface area (Å²) < 4.78 is 22.7. The Balaban J connectivity index is 1.80. The highest BCUT2D eigenvalue weighted by Gasteiger charge is 2.32. The zero-order chi connectivity index (χ0) is 17.0. The van der Waals surface area contributed by atoms with Crippen molar-refractivity contribution in [2.24, 2.45) is 5.92 Å². The minimum Gasteiger partial charge on any atom is -0.331 e. The highest BCUT2D eigenvalue weighted by atomic mass is 32.2. The summed E-state index contributed by atoms with van der Waals surface area (Å²) in [6, 6.07) is 7.85. The molecule has 0 spiro atoms. The maximum Gasteiger partial charge on any atom is 0.242 e. The number of amides is 1. The predicted molar refractivity (Wildman–Crippen MR) is 94.8 cm³/mol. The third-order valence-electron chi connectivity index (χ3n) is 3.74. The van der Waals surface area contributed by atoms with E-state index in [-0.39, 0.29) is 22.5 Å². The molecule has 0 saturated carbocycles. The van der Waals surface area contributed by atoms with Crippen LogP contribution in [0.5, 0.6) is 0 Å². The van der Waals surface area contributed by atoms with Gasteiger partial charge in [-0.1, -0.05) is 26.0 Å². The van der Waals surface area contributed by atoms with E-state index < -0.39 is 15.8 Å². The minimum atomic E-state index is -3.08. The van der Waals surface area contributed by atoms with Gasteiger partial charge in [0.2, 0.25) is 5.91 Å². The number of rotatable bonds is 3. The van der Waals surface area contributed by atoms with E-state index in [0.29, 0.717) is 12.3 Å². The molecule has 23 heavy (non-hydrogen) atoms. The summed E-state index contributed by atoms with van der Waals surface area (Å²) in [6.07, 6.45) is 0.354. The van der Waals surface area contributed by atoms with Crippen LogP contribution in [0, 0.1) is 5.92 Å². The molecule has 0 aliphatic carbocycles. The van der Waals surface area contributed by atoms with Crippen LogP contribution in [0.25, 0.3) is 0 Å². The molecule has 0 aromatic heterocycles. The molecule has 1 atom stereocenters. The van der Waals surface area contributed by atoms with Gasteiger partial charge in [0, 0.05) is 5.69 Å². The minimum absolute atomic E-state index is 0.0655. The summed E-state index contributed by atoms with van der Waals surface area (Å²) in [4.78, 5) is 11.9. The molecule has 2 rings (SSSR count). The summed E-state index contributed by atoms with van der Waals surface area (Å²) in [5, 5.41) is 3.20. The van der Waals surface area contributed by atoms with Crippen molar-refractivity contribution in [1.29, 1.82) is 0 Å². The maximum absolute atomic E-state index is 11.9. The van der Waals surface area contributed by atoms with E-state index in [1.165, 1.54) is 5.56 Å². The fourth-order valence-electron chi connectivity index (χ4n) is 2.34. The van der Waals surface area contributed by atoms with Crippen LogP contribution in [-0.4, -0.2) is 30.9 Å². The fourth-order valence-corrected chi connectivity index (χ4v) is 4.25. The van der Waals surface area contributed by atoms with Gasteiger partial charge in [-0.05, 0) is 42.3 Å². The number of carbonyl (C=O) groups is 1. The molecule has 0 unspecified atom stereocenters. The van der Waals surface area contributed by atoms with Gasteiger partial charge in [-0.2, -0.15) is 0 Å². The summed E-state index contributed by atoms with van der Waals surface area (Å²) in [5.41, 5.74) is 7.09. The van der Waals surface area contributed by atoms with E-state index in [1.807, 2.05) is 24.3 Å². The predicted octanol–water partition coefficient (Wildman–Crippen LogP) is 1.56. The summed E-state index contributed by atoms with van der Waals surface area (Å²) in [7, 11) is -3.08. The summed E-state index contributed by atoms with van der Waals surface area (Å²) in [5.74, 6) is -0.449. The first-order chi connectivity index (χ1) is 10.8. The molecule has 1 aromatic carbocycles. The maximum atomic E-state index is 11.9. The van der Waals surface area contributed by atoms with Gasteiger partial charge in [0.15, 0.2) is 14.9 Å². The van der Waals surface area contributed by atoms with Gasteiger partial charge in [-0.25, -0.2) is 8.42 Å². The first-order valence-electron chi connectivity index (χ1n) is 7.44. The first-order valence-corrected chi connectivity index (χ1v) is 9.67. The van der Waals surface area contributed by atoms with E-state index in [9.17, 15) is 13.2 Å². The number of benzene rings is 1. The Kier molecular flexibility index (Phi) is 5.59. The number of hydrogen-bond donors (Lipinski definition) is 3. The molecule has 6 nitrogen and oxygen atoms in total. The van der Waals surface area contributed by atoms with Gasteiger partial charge >= 0.3 is 0 Å². The third kappa shape index (κ3) is 5.18. The zero-order valence-corrected chi connectivity index (χ0v) is 14.8. The smallest absolute Gasteiger partial charge is 0.242 e. The largest absolute Gasteiger partial charge is 0.331 e. The van der Waals surface area contributed by atoms with Crippen LogP contribution in [0.3, 0.4) is 0 Å². The van der Waals surface area contributed by atoms with Gasteiger partial charge < -0.3 is 5.32 Å². The molecule has 126 valence electrons. The van der Waals surface area contributed by atoms with Crippen molar-refractivity contribution in [1.82, 2.24) is 10.9 Å². The van der Waals surface area contributed by atoms with Crippen LogP contribution in [0.1, 0.15) is 31.7 Å². The molecule has 1 amide bonds. The molecular formula is C15H21N3O3S2. The van der Waals surface area contributed by atoms with Crippen LogP contribution in [-0.2, 0) is 14.6 Å². The van der Waals surface area contributed by atoms with E-state index in [0.717, 1.165) is 5.69 Å². The second kappa shape index (κ2) is 7.27. The Morgan fingerprint density at radius 3 is 2.39 bits per heavy atom. The van der Waals surface area contributed by atoms with Crippen molar-refractivity contribution in [2.75, 3.05) is 16.8 Å². The number of hydrogen-bond acceptors (Lipinski definition) is 4. The number of carbonyl (C=O) groups excluding carboxylic acids is 1. The van der Waals surface area contributed by atoms with Gasteiger partial charge in [0.1, 0.15) is 0 Å². The molecule has 1 aromatic rings. The first kappa shape index (κ1) is 17.7. The van der Waals surface area contributed by atoms with Gasteiger partial charge in [-0.3, -0.25) is 15.6 Å². The van der Waals surface area contributed by atoms with Crippen molar-refractivity contribution in [3.63, 3.8) is 0 Å². The number of anilines is 1. The second-order valence-corrected chi connectivity index (χ2v) is 8.58. The lowest BCUT2D eigenvalue weighted by Crippen LogP contribution is -2.46. The highest BCUT2D eigenvalue weighted by molar-refractivity contribution is 7.91. The molecule has 1 saturated heterocycles. The Labute approximate surface area is 141 Å². The number of thiocarbonyl (C=S) groups is 1. The average molecular weight is 355 g/mol. The van der Waals surface area contributed by atoms with Crippen molar-refractivity contribution >= 4 is 38.8 Å². The van der Waals surface area contributed by atoms with E-state index >= 15 is 0 Å². The summed E-state index contributed by atoms with van der Waals surface area (Å²) in [6.45, 7) is 4.24. The van der Waals surface area contributed by atoms with E-state index in [2.05, 4.69) is 30.0 Å². The normalized spacial score (nSPS) is 19.3. The number of hydrazine groups is 1. The fraction of sp³-hybridized carbons (Fsp3) is 0.467. The molecule has 8 heteroatoms. The molecule has 0 bridgehead atoms. The van der Waals surface area contributed by atoms with Crippen LogP contribution in [0.4, 0.5) is 5.69 Å². The van der Waals surface area contributed by atoms with E-state index in [1.54, 1.807) is 0 Å². The van der Waals surface area contributed by atoms with Crippen molar-refractivity contribution in [3.05, 3.63) is 29.8 Å². The monoisotopic (exact) mass is 355 g/mol. The second-order valence-electron chi connectivity index (χ2n) is 5.95. The Bertz CT molecular complexity index is 684. The Hall–Kier alpha value is -1.67. The molecule has 3 N–H and O–H groups in total. The van der Waals surface area contributed by atoms with Crippen LogP contribution in [0.2, 0.25) is 0 Å². The molecule has 1 aliphatic heterocycles. The molecule has 1 heterocycles. The van der Waals surface area contributed by atoms with Crippen LogP contribution < -0.4 is 16.2 Å². The number of sulfone groups is 1. The van der Waals surface area contributed by atoms with E-state index in [4.69, 9.17) is 12.2 Å². The summed E-state index contributed by atoms with van der Waals surface area (Å²) >= 11 is 5.10. The lowest BCUT2D eigenvalue weighted by atomic mass is 10.0. The van der Waals surface area contributed by atoms with Crippen molar-refractivity contribution in [3.8, 4) is 0 Å². The third-order valence-corrected chi connectivity index (χ3v) is 5.71. The van der Waals surface area contributed by atoms with Crippen molar-refractivity contribution in [2.45, 2.75) is 26.2 Å². The topological polar surface area (TPSA) is 87.3 Å². The molecule has 0 radical (unpaired) electrons. The Morgan fingerprint density at radius 1 is 1.22 bits per heavy atom. The highest BCUT2D eigenvalue weighted by Crippen LogP contribution is 2.18. The van der Waals surface area contributed by atoms with Crippen molar-refractivity contribution < 1.29 is 13.2 Å². The number of nitrogens with one attached hydrogen (secondary N) is 3.